The highest BCUT2D eigenvalue weighted by molar-refractivity contribution is 5.83. The molecule has 6 nitrogen and oxygen atoms in total. The first-order valence-corrected chi connectivity index (χ1v) is 9.13. The van der Waals surface area contributed by atoms with Crippen molar-refractivity contribution in [3.63, 3.8) is 0 Å². The fourth-order valence-corrected chi connectivity index (χ4v) is 3.46. The maximum Gasteiger partial charge on any atom is 0.317 e. The van der Waals surface area contributed by atoms with Crippen LogP contribution in [0.3, 0.4) is 0 Å². The molecule has 7 heteroatoms. The smallest absolute Gasteiger partial charge is 0.317 e. The Kier molecular flexibility index (Phi) is 5.78. The molecule has 1 saturated heterocycles. The molecule has 144 valence electrons. The Labute approximate surface area is 158 Å². The van der Waals surface area contributed by atoms with Crippen molar-refractivity contribution in [3.05, 3.63) is 47.8 Å². The number of amides is 4. The molecule has 0 aliphatic carbocycles. The molecule has 0 aromatic heterocycles. The number of nitrogens with one attached hydrogen (secondary N) is 2. The number of halogens is 1. The number of carbonyl (C=O) groups excluding carboxylic acids is 2. The van der Waals surface area contributed by atoms with Crippen LogP contribution in [-0.2, 0) is 6.54 Å². The van der Waals surface area contributed by atoms with Gasteiger partial charge >= 0.3 is 12.1 Å². The minimum absolute atomic E-state index is 0.00405. The van der Waals surface area contributed by atoms with Gasteiger partial charge in [-0.05, 0) is 47.4 Å². The van der Waals surface area contributed by atoms with Crippen LogP contribution >= 0.6 is 0 Å². The van der Waals surface area contributed by atoms with Crippen LogP contribution in [0.25, 0.3) is 10.8 Å². The predicted molar refractivity (Wildman–Crippen MR) is 103 cm³/mol. The Hall–Kier alpha value is -2.83. The van der Waals surface area contributed by atoms with Gasteiger partial charge in [0.25, 0.3) is 0 Å². The first-order chi connectivity index (χ1) is 13.0. The number of rotatable bonds is 3. The topological polar surface area (TPSA) is 64.7 Å². The molecule has 27 heavy (non-hydrogen) atoms. The highest BCUT2D eigenvalue weighted by Crippen LogP contribution is 2.18. The fraction of sp³-hybridized carbons (Fsp3) is 0.400. The van der Waals surface area contributed by atoms with E-state index in [4.69, 9.17) is 0 Å². The lowest BCUT2D eigenvalue weighted by atomic mass is 10.1. The number of carbonyl (C=O) groups is 2. The van der Waals surface area contributed by atoms with E-state index < -0.39 is 0 Å². The quantitative estimate of drug-likeness (QED) is 0.870. The van der Waals surface area contributed by atoms with Crippen molar-refractivity contribution < 1.29 is 14.0 Å². The first-order valence-electron chi connectivity index (χ1n) is 9.13. The van der Waals surface area contributed by atoms with E-state index in [1.165, 1.54) is 12.1 Å². The molecule has 0 bridgehead atoms. The van der Waals surface area contributed by atoms with E-state index >= 15 is 0 Å². The monoisotopic (exact) mass is 372 g/mol. The summed E-state index contributed by atoms with van der Waals surface area (Å²) in [4.78, 5) is 27.7. The lowest BCUT2D eigenvalue weighted by molar-refractivity contribution is 0.133. The van der Waals surface area contributed by atoms with E-state index in [9.17, 15) is 14.0 Å². The van der Waals surface area contributed by atoms with E-state index in [-0.39, 0.29) is 23.9 Å². The molecule has 0 radical (unpaired) electrons. The normalized spacial score (nSPS) is 16.9. The summed E-state index contributed by atoms with van der Waals surface area (Å²) in [6, 6.07) is 10.1. The lowest BCUT2D eigenvalue weighted by Crippen LogP contribution is -2.53. The maximum absolute atomic E-state index is 13.3. The molecule has 1 fully saturated rings. The predicted octanol–water partition coefficient (Wildman–Crippen LogP) is 2.92. The Morgan fingerprint density at radius 2 is 1.96 bits per heavy atom. The summed E-state index contributed by atoms with van der Waals surface area (Å²) >= 11 is 0. The van der Waals surface area contributed by atoms with Crippen molar-refractivity contribution in [3.8, 4) is 0 Å². The third kappa shape index (κ3) is 4.48. The maximum atomic E-state index is 13.3. The van der Waals surface area contributed by atoms with Crippen LogP contribution in [0.4, 0.5) is 14.0 Å². The highest BCUT2D eigenvalue weighted by Gasteiger charge is 2.28. The van der Waals surface area contributed by atoms with E-state index in [0.29, 0.717) is 19.6 Å². The lowest BCUT2D eigenvalue weighted by Gasteiger charge is -2.37. The zero-order valence-corrected chi connectivity index (χ0v) is 15.7. The van der Waals surface area contributed by atoms with E-state index in [1.807, 2.05) is 18.2 Å². The number of fused-ring (bicyclic) bond motifs is 1. The third-order valence-corrected chi connectivity index (χ3v) is 5.08. The van der Waals surface area contributed by atoms with Crippen molar-refractivity contribution >= 4 is 22.8 Å². The summed E-state index contributed by atoms with van der Waals surface area (Å²) in [6.45, 7) is 1.64. The van der Waals surface area contributed by atoms with E-state index in [0.717, 1.165) is 29.2 Å². The number of hydrogen-bond acceptors (Lipinski definition) is 2. The van der Waals surface area contributed by atoms with E-state index in [1.54, 1.807) is 30.0 Å². The SMILES string of the molecule is CNC(=O)N1CCC[C@@H](N(C)C(=O)NCc2ccc3cc(F)ccc3c2)C1. The number of piperidine rings is 1. The van der Waals surface area contributed by atoms with Crippen molar-refractivity contribution in [2.75, 3.05) is 27.2 Å². The van der Waals surface area contributed by atoms with Gasteiger partial charge in [-0.25, -0.2) is 14.0 Å². The fourth-order valence-electron chi connectivity index (χ4n) is 3.46. The van der Waals surface area contributed by atoms with Gasteiger partial charge in [0.1, 0.15) is 5.82 Å². The standard InChI is InChI=1S/C20H25FN4O2/c1-22-19(26)25-9-3-4-18(13-25)24(2)20(27)23-12-14-5-6-16-11-17(21)8-7-15(16)10-14/h5-8,10-11,18H,3-4,9,12-13H2,1-2H3,(H,22,26)(H,23,27)/t18-/m1/s1. The van der Waals surface area contributed by atoms with Crippen LogP contribution in [0.5, 0.6) is 0 Å². The van der Waals surface area contributed by atoms with Gasteiger partial charge in [-0.2, -0.15) is 0 Å². The highest BCUT2D eigenvalue weighted by atomic mass is 19.1. The van der Waals surface area contributed by atoms with Gasteiger partial charge < -0.3 is 20.4 Å². The Morgan fingerprint density at radius 3 is 2.74 bits per heavy atom. The summed E-state index contributed by atoms with van der Waals surface area (Å²) in [7, 11) is 3.37. The van der Waals surface area contributed by atoms with Gasteiger partial charge in [-0.15, -0.1) is 0 Å². The Morgan fingerprint density at radius 1 is 1.22 bits per heavy atom. The summed E-state index contributed by atoms with van der Waals surface area (Å²) in [6.07, 6.45) is 1.75. The third-order valence-electron chi connectivity index (χ3n) is 5.08. The van der Waals surface area contributed by atoms with Gasteiger partial charge in [0.15, 0.2) is 0 Å². The molecule has 2 aromatic carbocycles. The number of likely N-dealkylation sites (N-methyl/N-ethyl adjacent to an activating group) is 1. The average Bonchev–Trinajstić information content (AvgIpc) is 2.70. The molecule has 1 atom stereocenters. The van der Waals surface area contributed by atoms with Crippen LogP contribution in [-0.4, -0.2) is 55.1 Å². The van der Waals surface area contributed by atoms with Crippen molar-refractivity contribution in [1.82, 2.24) is 20.4 Å². The van der Waals surface area contributed by atoms with Crippen LogP contribution < -0.4 is 10.6 Å². The Bertz CT molecular complexity index is 842. The number of benzene rings is 2. The van der Waals surface area contributed by atoms with Gasteiger partial charge in [0.2, 0.25) is 0 Å². The largest absolute Gasteiger partial charge is 0.341 e. The van der Waals surface area contributed by atoms with Gasteiger partial charge in [-0.1, -0.05) is 18.2 Å². The summed E-state index contributed by atoms with van der Waals surface area (Å²) < 4.78 is 13.3. The van der Waals surface area contributed by atoms with Crippen LogP contribution in [0.2, 0.25) is 0 Å². The molecule has 0 saturated carbocycles. The van der Waals surface area contributed by atoms with Gasteiger partial charge in [0.05, 0.1) is 6.04 Å². The van der Waals surface area contributed by atoms with Gasteiger partial charge in [-0.3, -0.25) is 0 Å². The van der Waals surface area contributed by atoms with Crippen LogP contribution in [0, 0.1) is 5.82 Å². The number of urea groups is 2. The minimum Gasteiger partial charge on any atom is -0.341 e. The number of nitrogens with zero attached hydrogens (tertiary/aromatic N) is 2. The molecule has 3 rings (SSSR count). The van der Waals surface area contributed by atoms with Crippen molar-refractivity contribution in [2.45, 2.75) is 25.4 Å². The minimum atomic E-state index is -0.261. The summed E-state index contributed by atoms with van der Waals surface area (Å²) in [5.41, 5.74) is 0.950. The molecular formula is C20H25FN4O2. The average molecular weight is 372 g/mol. The molecule has 1 aliphatic rings. The summed E-state index contributed by atoms with van der Waals surface area (Å²) in [5, 5.41) is 7.32. The molecule has 1 heterocycles. The van der Waals surface area contributed by atoms with Crippen LogP contribution in [0.1, 0.15) is 18.4 Å². The molecule has 1 aliphatic heterocycles. The molecular weight excluding hydrogens is 347 g/mol. The molecule has 2 N–H and O–H groups in total. The number of hydrogen-bond donors (Lipinski definition) is 2. The van der Waals surface area contributed by atoms with Crippen LogP contribution in [0.15, 0.2) is 36.4 Å². The molecule has 4 amide bonds. The van der Waals surface area contributed by atoms with Crippen molar-refractivity contribution in [2.24, 2.45) is 0 Å². The molecule has 2 aromatic rings. The Balaban J connectivity index is 1.58. The second kappa shape index (κ2) is 8.24. The van der Waals surface area contributed by atoms with E-state index in [2.05, 4.69) is 10.6 Å². The second-order valence-corrected chi connectivity index (χ2v) is 6.89. The first kappa shape index (κ1) is 18.9. The second-order valence-electron chi connectivity index (χ2n) is 6.89. The zero-order chi connectivity index (χ0) is 19.4. The molecule has 0 unspecified atom stereocenters. The van der Waals surface area contributed by atoms with Crippen molar-refractivity contribution in [1.29, 1.82) is 0 Å². The summed E-state index contributed by atoms with van der Waals surface area (Å²) in [5.74, 6) is -0.261. The number of likely N-dealkylation sites (tertiary alicyclic amines) is 1. The zero-order valence-electron chi connectivity index (χ0n) is 15.7. The molecule has 0 spiro atoms. The van der Waals surface area contributed by atoms with Gasteiger partial charge in [0, 0.05) is 33.7 Å².